The number of barbiturate groups is 1. The molecule has 0 atom stereocenters. The van der Waals surface area contributed by atoms with Crippen LogP contribution in [0.5, 0.6) is 0 Å². The average molecular weight is 548 g/mol. The Morgan fingerprint density at radius 1 is 0.780 bits per heavy atom. The Hall–Kier alpha value is -3.93. The first-order valence-electron chi connectivity index (χ1n) is 14.9. The number of aryl methyl sites for hydroxylation is 3. The van der Waals surface area contributed by atoms with E-state index in [0.717, 1.165) is 56.4 Å². The molecule has 1 aromatic heterocycles. The van der Waals surface area contributed by atoms with Gasteiger partial charge in [-0.15, -0.1) is 0 Å². The van der Waals surface area contributed by atoms with Crippen LogP contribution >= 0.6 is 0 Å². The molecule has 8 rings (SSSR count). The van der Waals surface area contributed by atoms with E-state index in [9.17, 15) is 14.4 Å². The van der Waals surface area contributed by atoms with E-state index in [1.165, 1.54) is 44.1 Å². The number of aromatic nitrogens is 1. The third-order valence-corrected chi connectivity index (χ3v) is 10.1. The molecule has 4 saturated carbocycles. The second kappa shape index (κ2) is 9.30. The lowest BCUT2D eigenvalue weighted by molar-refractivity contribution is -0.122. The Bertz CT molecular complexity index is 1590. The number of imide groups is 2. The maximum Gasteiger partial charge on any atom is 0.335 e. The molecule has 0 radical (unpaired) electrons. The van der Waals surface area contributed by atoms with Crippen LogP contribution in [0.4, 0.5) is 10.5 Å². The van der Waals surface area contributed by atoms with Crippen LogP contribution in [-0.4, -0.2) is 22.4 Å². The summed E-state index contributed by atoms with van der Waals surface area (Å²) in [6.07, 6.45) is 9.96. The molecule has 0 unspecified atom stereocenters. The summed E-state index contributed by atoms with van der Waals surface area (Å²) in [7, 11) is 0. The molecular formula is C35H37N3O3. The number of carbonyl (C=O) groups is 3. The van der Waals surface area contributed by atoms with Crippen LogP contribution in [0, 0.1) is 45.4 Å². The molecule has 4 aliphatic carbocycles. The van der Waals surface area contributed by atoms with Gasteiger partial charge in [0.25, 0.3) is 11.8 Å². The van der Waals surface area contributed by atoms with Crippen LogP contribution < -0.4 is 10.2 Å². The summed E-state index contributed by atoms with van der Waals surface area (Å²) in [6.45, 7) is 7.87. The quantitative estimate of drug-likeness (QED) is 0.287. The zero-order valence-electron chi connectivity index (χ0n) is 24.3. The summed E-state index contributed by atoms with van der Waals surface area (Å²) >= 11 is 0. The third kappa shape index (κ3) is 4.27. The Labute approximate surface area is 241 Å². The molecule has 2 aromatic carbocycles. The van der Waals surface area contributed by atoms with Gasteiger partial charge in [0.1, 0.15) is 5.57 Å². The molecule has 1 aliphatic heterocycles. The van der Waals surface area contributed by atoms with Crippen LogP contribution in [0.15, 0.2) is 54.1 Å². The van der Waals surface area contributed by atoms with Gasteiger partial charge in [-0.05, 0) is 148 Å². The molecule has 1 saturated heterocycles. The van der Waals surface area contributed by atoms with E-state index < -0.39 is 17.8 Å². The third-order valence-electron chi connectivity index (χ3n) is 10.1. The number of rotatable bonds is 4. The van der Waals surface area contributed by atoms with Gasteiger partial charge in [-0.2, -0.15) is 0 Å². The minimum absolute atomic E-state index is 0.0545. The molecule has 4 bridgehead atoms. The zero-order chi connectivity index (χ0) is 28.6. The van der Waals surface area contributed by atoms with Gasteiger partial charge in [-0.25, -0.2) is 9.69 Å². The van der Waals surface area contributed by atoms with Crippen LogP contribution in [0.2, 0.25) is 0 Å². The topological polar surface area (TPSA) is 71.4 Å². The van der Waals surface area contributed by atoms with Crippen molar-refractivity contribution in [2.45, 2.75) is 71.6 Å². The van der Waals surface area contributed by atoms with Gasteiger partial charge in [0.05, 0.1) is 5.69 Å². The molecule has 41 heavy (non-hydrogen) atoms. The van der Waals surface area contributed by atoms with Crippen molar-refractivity contribution in [3.63, 3.8) is 0 Å². The minimum atomic E-state index is -0.730. The first kappa shape index (κ1) is 26.0. The Morgan fingerprint density at radius 3 is 1.95 bits per heavy atom. The van der Waals surface area contributed by atoms with Crippen LogP contribution in [0.1, 0.15) is 72.2 Å². The number of urea groups is 1. The van der Waals surface area contributed by atoms with Crippen molar-refractivity contribution in [2.24, 2.45) is 17.8 Å². The van der Waals surface area contributed by atoms with Gasteiger partial charge in [-0.3, -0.25) is 14.9 Å². The average Bonchev–Trinajstić information content (AvgIpc) is 3.17. The van der Waals surface area contributed by atoms with E-state index in [1.807, 2.05) is 39.8 Å². The van der Waals surface area contributed by atoms with Gasteiger partial charge < -0.3 is 4.57 Å². The highest BCUT2D eigenvalue weighted by atomic mass is 16.2. The van der Waals surface area contributed by atoms with Crippen molar-refractivity contribution in [1.82, 2.24) is 9.88 Å². The van der Waals surface area contributed by atoms with Crippen LogP contribution in [-0.2, 0) is 15.0 Å². The number of benzene rings is 2. The van der Waals surface area contributed by atoms with E-state index in [4.69, 9.17) is 0 Å². The molecule has 6 nitrogen and oxygen atoms in total. The molecule has 5 aliphatic rings. The molecule has 1 N–H and O–H groups in total. The van der Waals surface area contributed by atoms with Crippen molar-refractivity contribution >= 4 is 29.6 Å². The Kier molecular flexibility index (Phi) is 5.90. The number of nitrogens with zero attached hydrogens (tertiary/aromatic N) is 2. The lowest BCUT2D eigenvalue weighted by Gasteiger charge is -2.57. The lowest BCUT2D eigenvalue weighted by atomic mass is 9.48. The van der Waals surface area contributed by atoms with Crippen molar-refractivity contribution in [1.29, 1.82) is 0 Å². The highest BCUT2D eigenvalue weighted by Gasteiger charge is 2.51. The fraction of sp³-hybridized carbons (Fsp3) is 0.400. The van der Waals surface area contributed by atoms with Crippen molar-refractivity contribution in [3.05, 3.63) is 87.7 Å². The molecule has 6 heteroatoms. The maximum atomic E-state index is 13.5. The van der Waals surface area contributed by atoms with Gasteiger partial charge in [0.15, 0.2) is 0 Å². The predicted octanol–water partition coefficient (Wildman–Crippen LogP) is 6.85. The summed E-state index contributed by atoms with van der Waals surface area (Å²) in [5, 5.41) is 2.35. The second-order valence-electron chi connectivity index (χ2n) is 13.2. The Morgan fingerprint density at radius 2 is 1.37 bits per heavy atom. The molecule has 0 spiro atoms. The lowest BCUT2D eigenvalue weighted by Crippen LogP contribution is -2.54. The van der Waals surface area contributed by atoms with E-state index in [-0.39, 0.29) is 5.57 Å². The van der Waals surface area contributed by atoms with Crippen molar-refractivity contribution in [3.8, 4) is 5.69 Å². The monoisotopic (exact) mass is 547 g/mol. The number of anilines is 1. The molecule has 3 aromatic rings. The summed E-state index contributed by atoms with van der Waals surface area (Å²) in [6, 6.07) is 15.9. The zero-order valence-corrected chi connectivity index (χ0v) is 24.3. The fourth-order valence-electron chi connectivity index (χ4n) is 8.89. The molecule has 4 amide bonds. The van der Waals surface area contributed by atoms with E-state index in [1.54, 1.807) is 18.2 Å². The van der Waals surface area contributed by atoms with E-state index in [2.05, 4.69) is 34.1 Å². The highest BCUT2D eigenvalue weighted by Crippen LogP contribution is 2.60. The SMILES string of the molecule is Cc1cc(C)cc(N2C(=O)NC(=O)/C(=C\c3cc(C)n(-c4ccc(C56CC7CC(CC(C7)C5)C6)cc4)c3C)C2=O)c1. The van der Waals surface area contributed by atoms with E-state index in [0.29, 0.717) is 11.1 Å². The molecular weight excluding hydrogens is 510 g/mol. The highest BCUT2D eigenvalue weighted by molar-refractivity contribution is 6.39. The maximum absolute atomic E-state index is 13.5. The second-order valence-corrected chi connectivity index (χ2v) is 13.2. The first-order valence-corrected chi connectivity index (χ1v) is 14.9. The van der Waals surface area contributed by atoms with Gasteiger partial charge in [-0.1, -0.05) is 18.2 Å². The summed E-state index contributed by atoms with van der Waals surface area (Å²) < 4.78 is 2.17. The van der Waals surface area contributed by atoms with Gasteiger partial charge in [0, 0.05) is 17.1 Å². The van der Waals surface area contributed by atoms with Crippen LogP contribution in [0.25, 0.3) is 11.8 Å². The molecule has 210 valence electrons. The van der Waals surface area contributed by atoms with Gasteiger partial charge >= 0.3 is 6.03 Å². The van der Waals surface area contributed by atoms with Crippen LogP contribution in [0.3, 0.4) is 0 Å². The number of hydrogen-bond acceptors (Lipinski definition) is 3. The molecule has 5 fully saturated rings. The Balaban J connectivity index is 1.20. The normalized spacial score (nSPS) is 28.1. The summed E-state index contributed by atoms with van der Waals surface area (Å²) in [5.74, 6) is 1.43. The van der Waals surface area contributed by atoms with Crippen molar-refractivity contribution in [2.75, 3.05) is 4.90 Å². The number of amides is 4. The fourth-order valence-corrected chi connectivity index (χ4v) is 8.89. The largest absolute Gasteiger partial charge is 0.335 e. The van der Waals surface area contributed by atoms with Crippen molar-refractivity contribution < 1.29 is 14.4 Å². The standard InChI is InChI=1S/C35H37N3O3/c1-20-9-21(2)11-30(10-20)38-33(40)31(32(39)36-34(38)41)16-27-12-22(3)37(23(27)4)29-7-5-28(6-8-29)35-17-24-13-25(18-35)15-26(14-24)19-35/h5-12,16,24-26H,13-15,17-19H2,1-4H3,(H,36,39,41)/b31-16+. The first-order chi connectivity index (χ1) is 19.6. The number of hydrogen-bond donors (Lipinski definition) is 1. The smallest absolute Gasteiger partial charge is 0.318 e. The summed E-state index contributed by atoms with van der Waals surface area (Å²) in [5.41, 5.74) is 7.92. The minimum Gasteiger partial charge on any atom is -0.318 e. The van der Waals surface area contributed by atoms with Gasteiger partial charge in [0.2, 0.25) is 0 Å². The predicted molar refractivity (Wildman–Crippen MR) is 160 cm³/mol. The number of nitrogens with one attached hydrogen (secondary N) is 1. The van der Waals surface area contributed by atoms with E-state index >= 15 is 0 Å². The summed E-state index contributed by atoms with van der Waals surface area (Å²) in [4.78, 5) is 40.1. The number of carbonyl (C=O) groups excluding carboxylic acids is 3. The molecule has 2 heterocycles.